The average Bonchev–Trinajstić information content (AvgIpc) is 3.80. The lowest BCUT2D eigenvalue weighted by atomic mass is 9.79. The molecule has 3 saturated heterocycles. The summed E-state index contributed by atoms with van der Waals surface area (Å²) in [5, 5.41) is 15.3. The van der Waals surface area contributed by atoms with Crippen molar-refractivity contribution >= 4 is 44.2 Å². The smallest absolute Gasteiger partial charge is 0.367 e. The topological polar surface area (TPSA) is 93.3 Å². The molecule has 1 unspecified atom stereocenters. The number of aryl methyl sites for hydroxylation is 1. The maximum atomic E-state index is 13.0. The zero-order valence-electron chi connectivity index (χ0n) is 28.4. The largest absolute Gasteiger partial charge is 0.393 e. The number of nitrogens with one attached hydrogen (secondary N) is 1. The fraction of sp³-hybridized carbons (Fsp3) is 0.514. The molecule has 264 valence electrons. The summed E-state index contributed by atoms with van der Waals surface area (Å²) >= 11 is 1.07. The second kappa shape index (κ2) is 14.0. The lowest BCUT2D eigenvalue weighted by Crippen LogP contribution is -2.46. The van der Waals surface area contributed by atoms with Crippen LogP contribution in [0.25, 0.3) is 21.1 Å². The number of rotatable bonds is 9. The summed E-state index contributed by atoms with van der Waals surface area (Å²) < 4.78 is 41.1. The van der Waals surface area contributed by atoms with Gasteiger partial charge in [-0.1, -0.05) is 12.6 Å². The molecule has 3 aromatic heterocycles. The number of anilines is 1. The Labute approximate surface area is 294 Å². The third kappa shape index (κ3) is 7.24. The number of thiophene rings is 1. The van der Waals surface area contributed by atoms with E-state index in [1.807, 2.05) is 11.0 Å². The quantitative estimate of drug-likeness (QED) is 0.199. The summed E-state index contributed by atoms with van der Waals surface area (Å²) in [6.07, 6.45) is 2.70. The third-order valence-corrected chi connectivity index (χ3v) is 12.0. The van der Waals surface area contributed by atoms with Gasteiger partial charge < -0.3 is 19.7 Å². The highest BCUT2D eigenvalue weighted by molar-refractivity contribution is 7.18. The lowest BCUT2D eigenvalue weighted by Gasteiger charge is -2.40. The molecular weight excluding hydrogens is 662 g/mol. The van der Waals surface area contributed by atoms with Gasteiger partial charge in [0.1, 0.15) is 28.7 Å². The van der Waals surface area contributed by atoms with Gasteiger partial charge in [-0.05, 0) is 81.0 Å². The number of nitrogens with zero attached hydrogens (tertiary/aromatic N) is 7. The van der Waals surface area contributed by atoms with Gasteiger partial charge in [0.25, 0.3) is 0 Å². The van der Waals surface area contributed by atoms with E-state index >= 15 is 0 Å². The highest BCUT2D eigenvalue weighted by atomic mass is 32.1. The molecule has 1 atom stereocenters. The number of piperidine rings is 2. The molecule has 9 nitrogen and oxygen atoms in total. The van der Waals surface area contributed by atoms with Gasteiger partial charge >= 0.3 is 6.18 Å². The Bertz CT molecular complexity index is 1940. The van der Waals surface area contributed by atoms with E-state index in [-0.39, 0.29) is 22.2 Å². The van der Waals surface area contributed by atoms with Crippen LogP contribution in [0, 0.1) is 23.7 Å². The second-order valence-corrected chi connectivity index (χ2v) is 15.4. The maximum absolute atomic E-state index is 13.0. The first-order valence-corrected chi connectivity index (χ1v) is 18.3. The summed E-state index contributed by atoms with van der Waals surface area (Å²) in [6.45, 7) is 13.6. The molecule has 3 aliphatic heterocycles. The molecule has 0 bridgehead atoms. The van der Waals surface area contributed by atoms with E-state index in [0.717, 1.165) is 113 Å². The number of aromatic nitrogens is 3. The maximum Gasteiger partial charge on any atom is 0.393 e. The summed E-state index contributed by atoms with van der Waals surface area (Å²) in [6, 6.07) is 10.6. The molecule has 1 N–H and O–H groups in total. The van der Waals surface area contributed by atoms with Crippen LogP contribution in [0.2, 0.25) is 0 Å². The van der Waals surface area contributed by atoms with Crippen LogP contribution in [0.3, 0.4) is 0 Å². The van der Waals surface area contributed by atoms with E-state index in [1.54, 1.807) is 6.07 Å². The normalized spacial score (nSPS) is 21.0. The van der Waals surface area contributed by atoms with Gasteiger partial charge in [0.05, 0.1) is 11.8 Å². The number of carbonyl (C=O) groups excluding carboxylic acids is 1. The van der Waals surface area contributed by atoms with Gasteiger partial charge in [0, 0.05) is 79.6 Å². The SMILES string of the molecule is C=CC(=O)N1CCC2(CCCN(CCn3c(C#N)cc4c(C)c(CN5CCC(Nc6ncnc7sc(CC(F)(F)F)cc67)CC5)ccc43)C2)C1. The molecule has 4 aromatic rings. The number of hydrogen-bond acceptors (Lipinski definition) is 8. The van der Waals surface area contributed by atoms with Crippen molar-refractivity contribution in [2.45, 2.75) is 70.8 Å². The molecule has 13 heteroatoms. The van der Waals surface area contributed by atoms with Crippen LogP contribution in [0.1, 0.15) is 53.8 Å². The molecular formula is C37H43F3N8OS. The van der Waals surface area contributed by atoms with Crippen molar-refractivity contribution in [2.75, 3.05) is 51.1 Å². The fourth-order valence-corrected chi connectivity index (χ4v) is 9.36. The standard InChI is InChI=1S/C37H43F3N8OS/c1-3-33(49)47-14-10-36(23-47)9-4-11-46(22-36)15-16-48-28(20-41)17-30-25(2)26(5-6-32(30)48)21-45-12-7-27(8-13-45)44-34-31-18-29(19-37(38,39)40)50-35(31)43-24-42-34/h3,5-6,17-18,24,27H,1,4,7-16,19,21-23H2,2H3,(H,42,43,44). The molecule has 50 heavy (non-hydrogen) atoms. The predicted molar refractivity (Wildman–Crippen MR) is 190 cm³/mol. The number of nitriles is 1. The molecule has 6 heterocycles. The van der Waals surface area contributed by atoms with Crippen molar-refractivity contribution in [1.29, 1.82) is 5.26 Å². The van der Waals surface area contributed by atoms with Crippen molar-refractivity contribution < 1.29 is 18.0 Å². The molecule has 1 amide bonds. The highest BCUT2D eigenvalue weighted by Crippen LogP contribution is 2.39. The number of halogens is 3. The Hall–Kier alpha value is -3.99. The molecule has 0 radical (unpaired) electrons. The summed E-state index contributed by atoms with van der Waals surface area (Å²) in [5.41, 5.74) is 4.36. The minimum Gasteiger partial charge on any atom is -0.367 e. The number of amides is 1. The van der Waals surface area contributed by atoms with Gasteiger partial charge in [-0.2, -0.15) is 18.4 Å². The predicted octanol–water partition coefficient (Wildman–Crippen LogP) is 6.51. The molecule has 3 fully saturated rings. The third-order valence-electron chi connectivity index (χ3n) is 11.0. The Morgan fingerprint density at radius 1 is 1.10 bits per heavy atom. The van der Waals surface area contributed by atoms with E-state index < -0.39 is 12.6 Å². The molecule has 1 spiro atoms. The number of likely N-dealkylation sites (tertiary alicyclic amines) is 3. The van der Waals surface area contributed by atoms with Gasteiger partial charge in [0.2, 0.25) is 5.91 Å². The van der Waals surface area contributed by atoms with Gasteiger partial charge in [-0.3, -0.25) is 9.69 Å². The first kappa shape index (κ1) is 34.5. The van der Waals surface area contributed by atoms with E-state index in [2.05, 4.69) is 61.4 Å². The zero-order chi connectivity index (χ0) is 35.0. The van der Waals surface area contributed by atoms with Crippen molar-refractivity contribution in [3.05, 3.63) is 64.9 Å². The van der Waals surface area contributed by atoms with Gasteiger partial charge in [0.15, 0.2) is 0 Å². The average molecular weight is 705 g/mol. The summed E-state index contributed by atoms with van der Waals surface area (Å²) in [4.78, 5) is 28.5. The van der Waals surface area contributed by atoms with E-state index in [4.69, 9.17) is 0 Å². The van der Waals surface area contributed by atoms with Crippen LogP contribution < -0.4 is 5.32 Å². The monoisotopic (exact) mass is 704 g/mol. The van der Waals surface area contributed by atoms with Crippen molar-refractivity contribution in [1.82, 2.24) is 29.2 Å². The zero-order valence-corrected chi connectivity index (χ0v) is 29.3. The minimum absolute atomic E-state index is 0.0254. The summed E-state index contributed by atoms with van der Waals surface area (Å²) in [7, 11) is 0. The lowest BCUT2D eigenvalue weighted by molar-refractivity contribution is -0.127. The molecule has 1 aromatic carbocycles. The Morgan fingerprint density at radius 2 is 1.92 bits per heavy atom. The highest BCUT2D eigenvalue weighted by Gasteiger charge is 2.42. The van der Waals surface area contributed by atoms with E-state index in [9.17, 15) is 23.2 Å². The molecule has 3 aliphatic rings. The number of hydrogen-bond donors (Lipinski definition) is 1. The Balaban J connectivity index is 0.967. The van der Waals surface area contributed by atoms with Crippen molar-refractivity contribution in [3.8, 4) is 6.07 Å². The Morgan fingerprint density at radius 3 is 2.68 bits per heavy atom. The number of carbonyl (C=O) groups is 1. The minimum atomic E-state index is -4.26. The van der Waals surface area contributed by atoms with E-state index in [0.29, 0.717) is 21.7 Å². The molecule has 0 aliphatic carbocycles. The van der Waals surface area contributed by atoms with Gasteiger partial charge in [-0.15, -0.1) is 11.3 Å². The van der Waals surface area contributed by atoms with Crippen LogP contribution in [-0.2, 0) is 24.3 Å². The van der Waals surface area contributed by atoms with Crippen LogP contribution in [0.5, 0.6) is 0 Å². The van der Waals surface area contributed by atoms with E-state index in [1.165, 1.54) is 23.5 Å². The van der Waals surface area contributed by atoms with Crippen molar-refractivity contribution in [3.63, 3.8) is 0 Å². The number of benzene rings is 1. The summed E-state index contributed by atoms with van der Waals surface area (Å²) in [5.74, 6) is 0.625. The van der Waals surface area contributed by atoms with Crippen LogP contribution in [0.15, 0.2) is 43.2 Å². The molecule has 7 rings (SSSR count). The van der Waals surface area contributed by atoms with Crippen LogP contribution >= 0.6 is 11.3 Å². The number of alkyl halides is 3. The molecule has 0 saturated carbocycles. The van der Waals surface area contributed by atoms with Crippen LogP contribution in [0.4, 0.5) is 19.0 Å². The number of fused-ring (bicyclic) bond motifs is 2. The van der Waals surface area contributed by atoms with Crippen LogP contribution in [-0.4, -0.2) is 93.2 Å². The van der Waals surface area contributed by atoms with Gasteiger partial charge in [-0.25, -0.2) is 9.97 Å². The van der Waals surface area contributed by atoms with Crippen molar-refractivity contribution in [2.24, 2.45) is 5.41 Å². The fourth-order valence-electron chi connectivity index (χ4n) is 8.33. The second-order valence-electron chi connectivity index (χ2n) is 14.3. The Kier molecular flexibility index (Phi) is 9.62. The first-order valence-electron chi connectivity index (χ1n) is 17.5. The first-order chi connectivity index (χ1) is 24.0.